The molecule has 0 bridgehead atoms. The van der Waals surface area contributed by atoms with Crippen LogP contribution >= 0.6 is 0 Å². The number of rotatable bonds is 4. The molecule has 96 valence electrons. The Balaban J connectivity index is 1.97. The van der Waals surface area contributed by atoms with Crippen LogP contribution in [0.15, 0.2) is 16.5 Å². The summed E-state index contributed by atoms with van der Waals surface area (Å²) >= 11 is 0. The van der Waals surface area contributed by atoms with E-state index in [1.165, 1.54) is 0 Å². The minimum Gasteiger partial charge on any atom is -0.465 e. The van der Waals surface area contributed by atoms with E-state index in [4.69, 9.17) is 9.15 Å². The van der Waals surface area contributed by atoms with Gasteiger partial charge in [-0.25, -0.2) is 0 Å². The fraction of sp³-hybridized carbons (Fsp3) is 0.692. The summed E-state index contributed by atoms with van der Waals surface area (Å²) in [5, 5.41) is 3.17. The molecule has 0 aliphatic carbocycles. The molecule has 2 unspecified atom stereocenters. The Morgan fingerprint density at radius 1 is 1.53 bits per heavy atom. The van der Waals surface area contributed by atoms with E-state index < -0.39 is 0 Å². The number of hydrogen-bond acceptors (Lipinski definition) is 4. The lowest BCUT2D eigenvalue weighted by molar-refractivity contribution is -0.0419. The van der Waals surface area contributed by atoms with Crippen molar-refractivity contribution in [1.82, 2.24) is 10.2 Å². The highest BCUT2D eigenvalue weighted by Gasteiger charge is 2.25. The molecule has 2 rings (SSSR count). The lowest BCUT2D eigenvalue weighted by Gasteiger charge is -2.36. The van der Waals surface area contributed by atoms with E-state index in [0.29, 0.717) is 6.04 Å². The molecule has 4 heteroatoms. The Labute approximate surface area is 103 Å². The zero-order chi connectivity index (χ0) is 12.3. The van der Waals surface area contributed by atoms with Crippen LogP contribution in [0.2, 0.25) is 0 Å². The molecule has 1 aromatic heterocycles. The van der Waals surface area contributed by atoms with Gasteiger partial charge in [0.15, 0.2) is 0 Å². The van der Waals surface area contributed by atoms with Crippen molar-refractivity contribution in [3.05, 3.63) is 23.7 Å². The van der Waals surface area contributed by atoms with Crippen LogP contribution in [-0.2, 0) is 4.74 Å². The van der Waals surface area contributed by atoms with Gasteiger partial charge in [-0.15, -0.1) is 0 Å². The topological polar surface area (TPSA) is 37.6 Å². The number of nitrogens with one attached hydrogen (secondary N) is 1. The van der Waals surface area contributed by atoms with E-state index in [-0.39, 0.29) is 6.10 Å². The van der Waals surface area contributed by atoms with Gasteiger partial charge in [0.25, 0.3) is 0 Å². The molecule has 0 aromatic carbocycles. The fourth-order valence-electron chi connectivity index (χ4n) is 2.30. The van der Waals surface area contributed by atoms with E-state index in [1.807, 2.05) is 20.0 Å². The first-order valence-electron chi connectivity index (χ1n) is 6.27. The minimum absolute atomic E-state index is 0.284. The van der Waals surface area contributed by atoms with Gasteiger partial charge in [-0.1, -0.05) is 0 Å². The SMILES string of the molecule is CNCC1CN(C(C)c2ccc(C)o2)CCO1. The second-order valence-corrected chi connectivity index (χ2v) is 4.67. The maximum Gasteiger partial charge on any atom is 0.121 e. The standard InChI is InChI=1S/C13H22N2O2/c1-10-4-5-13(17-10)11(2)15-6-7-16-12(9-15)8-14-3/h4-5,11-12,14H,6-9H2,1-3H3. The van der Waals surface area contributed by atoms with Crippen molar-refractivity contribution in [2.75, 3.05) is 33.3 Å². The average Bonchev–Trinajstić information content (AvgIpc) is 2.76. The van der Waals surface area contributed by atoms with Crippen molar-refractivity contribution >= 4 is 0 Å². The molecule has 17 heavy (non-hydrogen) atoms. The fourth-order valence-corrected chi connectivity index (χ4v) is 2.30. The van der Waals surface area contributed by atoms with Crippen molar-refractivity contribution in [1.29, 1.82) is 0 Å². The molecule has 1 aromatic rings. The molecule has 0 saturated carbocycles. The molecule has 0 amide bonds. The number of nitrogens with zero attached hydrogens (tertiary/aromatic N) is 1. The highest BCUT2D eigenvalue weighted by Crippen LogP contribution is 2.24. The molecule has 1 saturated heterocycles. The van der Waals surface area contributed by atoms with E-state index in [2.05, 4.69) is 23.2 Å². The minimum atomic E-state index is 0.284. The van der Waals surface area contributed by atoms with Crippen LogP contribution in [0.25, 0.3) is 0 Å². The van der Waals surface area contributed by atoms with Crippen molar-refractivity contribution in [2.24, 2.45) is 0 Å². The van der Waals surface area contributed by atoms with Crippen LogP contribution in [0.4, 0.5) is 0 Å². The summed E-state index contributed by atoms with van der Waals surface area (Å²) < 4.78 is 11.4. The number of likely N-dealkylation sites (N-methyl/N-ethyl adjacent to an activating group) is 1. The average molecular weight is 238 g/mol. The van der Waals surface area contributed by atoms with Crippen LogP contribution in [-0.4, -0.2) is 44.3 Å². The molecular formula is C13H22N2O2. The molecule has 1 N–H and O–H groups in total. The van der Waals surface area contributed by atoms with Crippen LogP contribution in [0, 0.1) is 6.92 Å². The number of aryl methyl sites for hydroxylation is 1. The third-order valence-electron chi connectivity index (χ3n) is 3.32. The first kappa shape index (κ1) is 12.6. The zero-order valence-corrected chi connectivity index (χ0v) is 10.9. The van der Waals surface area contributed by atoms with Crippen LogP contribution in [0.1, 0.15) is 24.5 Å². The predicted octanol–water partition coefficient (Wildman–Crippen LogP) is 1.57. The lowest BCUT2D eigenvalue weighted by atomic mass is 10.1. The normalized spacial score (nSPS) is 23.8. The summed E-state index contributed by atoms with van der Waals surface area (Å²) in [6, 6.07) is 4.42. The largest absolute Gasteiger partial charge is 0.465 e. The third-order valence-corrected chi connectivity index (χ3v) is 3.32. The van der Waals surface area contributed by atoms with Gasteiger partial charge in [-0.2, -0.15) is 0 Å². The van der Waals surface area contributed by atoms with E-state index in [0.717, 1.165) is 37.8 Å². The smallest absolute Gasteiger partial charge is 0.121 e. The number of ether oxygens (including phenoxy) is 1. The highest BCUT2D eigenvalue weighted by molar-refractivity contribution is 5.09. The van der Waals surface area contributed by atoms with Crippen LogP contribution in [0.3, 0.4) is 0 Å². The van der Waals surface area contributed by atoms with Crippen molar-refractivity contribution in [2.45, 2.75) is 26.0 Å². The highest BCUT2D eigenvalue weighted by atomic mass is 16.5. The molecule has 0 radical (unpaired) electrons. The van der Waals surface area contributed by atoms with Crippen molar-refractivity contribution in [3.8, 4) is 0 Å². The van der Waals surface area contributed by atoms with E-state index in [1.54, 1.807) is 0 Å². The molecule has 1 aliphatic heterocycles. The van der Waals surface area contributed by atoms with Crippen LogP contribution < -0.4 is 5.32 Å². The Hall–Kier alpha value is -0.840. The van der Waals surface area contributed by atoms with Gasteiger partial charge in [0, 0.05) is 19.6 Å². The molecular weight excluding hydrogens is 216 g/mol. The first-order chi connectivity index (χ1) is 8.20. The Morgan fingerprint density at radius 3 is 3.00 bits per heavy atom. The Kier molecular flexibility index (Phi) is 4.20. The zero-order valence-electron chi connectivity index (χ0n) is 10.9. The summed E-state index contributed by atoms with van der Waals surface area (Å²) in [7, 11) is 1.96. The maximum absolute atomic E-state index is 5.71. The quantitative estimate of drug-likeness (QED) is 0.864. The predicted molar refractivity (Wildman–Crippen MR) is 67.1 cm³/mol. The Bertz CT molecular complexity index is 349. The van der Waals surface area contributed by atoms with Gasteiger partial charge < -0.3 is 14.5 Å². The molecule has 1 fully saturated rings. The van der Waals surface area contributed by atoms with Gasteiger partial charge in [-0.3, -0.25) is 4.90 Å². The molecule has 1 aliphatic rings. The molecule has 0 spiro atoms. The monoisotopic (exact) mass is 238 g/mol. The summed E-state index contributed by atoms with van der Waals surface area (Å²) in [5.74, 6) is 2.03. The molecule has 2 heterocycles. The lowest BCUT2D eigenvalue weighted by Crippen LogP contribution is -2.46. The number of morpholine rings is 1. The number of hydrogen-bond donors (Lipinski definition) is 1. The van der Waals surface area contributed by atoms with Gasteiger partial charge in [-0.05, 0) is 33.0 Å². The Morgan fingerprint density at radius 2 is 2.35 bits per heavy atom. The summed E-state index contributed by atoms with van der Waals surface area (Å²) in [5.41, 5.74) is 0. The third kappa shape index (κ3) is 3.09. The van der Waals surface area contributed by atoms with Gasteiger partial charge >= 0.3 is 0 Å². The molecule has 4 nitrogen and oxygen atoms in total. The van der Waals surface area contributed by atoms with Gasteiger partial charge in [0.05, 0.1) is 18.8 Å². The summed E-state index contributed by atoms with van der Waals surface area (Å²) in [4.78, 5) is 2.42. The summed E-state index contributed by atoms with van der Waals surface area (Å²) in [6.45, 7) is 7.82. The van der Waals surface area contributed by atoms with E-state index in [9.17, 15) is 0 Å². The second-order valence-electron chi connectivity index (χ2n) is 4.67. The molecule has 2 atom stereocenters. The van der Waals surface area contributed by atoms with Crippen LogP contribution in [0.5, 0.6) is 0 Å². The first-order valence-corrected chi connectivity index (χ1v) is 6.27. The van der Waals surface area contributed by atoms with Gasteiger partial charge in [0.1, 0.15) is 11.5 Å². The number of furan rings is 1. The van der Waals surface area contributed by atoms with Crippen molar-refractivity contribution < 1.29 is 9.15 Å². The maximum atomic E-state index is 5.71. The van der Waals surface area contributed by atoms with E-state index >= 15 is 0 Å². The second kappa shape index (κ2) is 5.67. The summed E-state index contributed by atoms with van der Waals surface area (Å²) in [6.07, 6.45) is 0.284. The van der Waals surface area contributed by atoms with Crippen molar-refractivity contribution in [3.63, 3.8) is 0 Å². The van der Waals surface area contributed by atoms with Gasteiger partial charge in [0.2, 0.25) is 0 Å².